The summed E-state index contributed by atoms with van der Waals surface area (Å²) in [5, 5.41) is 14.4. The van der Waals surface area contributed by atoms with Crippen LogP contribution in [0.1, 0.15) is 10.4 Å². The molecule has 0 saturated heterocycles. The zero-order valence-electron chi connectivity index (χ0n) is 14.2. The molecule has 4 rings (SSSR count). The molecule has 1 heterocycles. The van der Waals surface area contributed by atoms with Crippen LogP contribution < -0.4 is 5.32 Å². The molecule has 0 unspecified atom stereocenters. The minimum Gasteiger partial charge on any atom is -0.505 e. The van der Waals surface area contributed by atoms with Gasteiger partial charge in [-0.25, -0.2) is 4.98 Å². The van der Waals surface area contributed by atoms with Crippen molar-refractivity contribution in [3.8, 4) is 17.0 Å². The lowest BCUT2D eigenvalue weighted by Crippen LogP contribution is -2.13. The fraction of sp³-hybridized carbons (Fsp3) is 0. The number of carbonyl (C=O) groups excluding carboxylic acids is 1. The number of nitrogens with zero attached hydrogens (tertiary/aromatic N) is 1. The Labute approximate surface area is 164 Å². The Morgan fingerprint density at radius 1 is 0.889 bits per heavy atom. The molecule has 0 fully saturated rings. The molecule has 0 aliphatic rings. The highest BCUT2D eigenvalue weighted by Gasteiger charge is 2.21. The third-order valence-electron chi connectivity index (χ3n) is 4.24. The zero-order chi connectivity index (χ0) is 18.8. The van der Waals surface area contributed by atoms with Gasteiger partial charge in [-0.1, -0.05) is 64.5 Å². The van der Waals surface area contributed by atoms with Crippen LogP contribution in [0.4, 0.5) is 5.69 Å². The molecule has 0 spiro atoms. The van der Waals surface area contributed by atoms with E-state index in [0.29, 0.717) is 22.3 Å². The lowest BCUT2D eigenvalue weighted by atomic mass is 10.0. The third-order valence-corrected chi connectivity index (χ3v) is 4.77. The van der Waals surface area contributed by atoms with Crippen molar-refractivity contribution in [2.45, 2.75) is 0 Å². The third kappa shape index (κ3) is 3.41. The van der Waals surface area contributed by atoms with Gasteiger partial charge in [-0.15, -0.1) is 0 Å². The van der Waals surface area contributed by atoms with E-state index in [1.165, 1.54) is 0 Å². The number of hydrogen-bond donors (Lipinski definition) is 2. The average molecular weight is 419 g/mol. The minimum absolute atomic E-state index is 0.130. The molecule has 1 aromatic heterocycles. The Bertz CT molecular complexity index is 1130. The SMILES string of the molecule is O=C(Nc1ccc(Br)cc1)c1c(O)c(-c2ccccc2)nc2ccccc12. The van der Waals surface area contributed by atoms with Crippen LogP contribution in [0, 0.1) is 0 Å². The molecule has 0 saturated carbocycles. The summed E-state index contributed by atoms with van der Waals surface area (Å²) < 4.78 is 0.920. The number of para-hydroxylation sites is 1. The van der Waals surface area contributed by atoms with Gasteiger partial charge in [0.1, 0.15) is 5.69 Å². The number of halogens is 1. The molecular weight excluding hydrogens is 404 g/mol. The number of anilines is 1. The van der Waals surface area contributed by atoms with E-state index in [2.05, 4.69) is 26.2 Å². The van der Waals surface area contributed by atoms with E-state index in [9.17, 15) is 9.90 Å². The second kappa shape index (κ2) is 7.21. The average Bonchev–Trinajstić information content (AvgIpc) is 2.70. The van der Waals surface area contributed by atoms with Crippen LogP contribution in [0.25, 0.3) is 22.2 Å². The van der Waals surface area contributed by atoms with Crippen molar-refractivity contribution >= 4 is 38.4 Å². The summed E-state index contributed by atoms with van der Waals surface area (Å²) in [6, 6.07) is 23.9. The number of fused-ring (bicyclic) bond motifs is 1. The topological polar surface area (TPSA) is 62.2 Å². The van der Waals surface area contributed by atoms with Crippen LogP contribution in [0.2, 0.25) is 0 Å². The Kier molecular flexibility index (Phi) is 4.60. The summed E-state index contributed by atoms with van der Waals surface area (Å²) in [6.45, 7) is 0. The zero-order valence-corrected chi connectivity index (χ0v) is 15.8. The molecule has 2 N–H and O–H groups in total. The maximum absolute atomic E-state index is 13.0. The molecule has 27 heavy (non-hydrogen) atoms. The van der Waals surface area contributed by atoms with E-state index < -0.39 is 0 Å². The Hall–Kier alpha value is -3.18. The highest BCUT2D eigenvalue weighted by Crippen LogP contribution is 2.35. The van der Waals surface area contributed by atoms with Crippen LogP contribution in [0.5, 0.6) is 5.75 Å². The Morgan fingerprint density at radius 2 is 1.56 bits per heavy atom. The number of aromatic hydroxyl groups is 1. The lowest BCUT2D eigenvalue weighted by Gasteiger charge is -2.13. The number of carbonyl (C=O) groups is 1. The maximum Gasteiger partial charge on any atom is 0.260 e. The summed E-state index contributed by atoms with van der Waals surface area (Å²) in [5.74, 6) is -0.514. The van der Waals surface area contributed by atoms with E-state index in [1.54, 1.807) is 18.2 Å². The van der Waals surface area contributed by atoms with Crippen LogP contribution in [0.15, 0.2) is 83.3 Å². The van der Waals surface area contributed by atoms with E-state index >= 15 is 0 Å². The van der Waals surface area contributed by atoms with Crippen molar-refractivity contribution in [2.75, 3.05) is 5.32 Å². The number of hydrogen-bond acceptors (Lipinski definition) is 3. The van der Waals surface area contributed by atoms with Gasteiger partial charge in [0.2, 0.25) is 0 Å². The second-order valence-electron chi connectivity index (χ2n) is 6.03. The van der Waals surface area contributed by atoms with E-state index in [1.807, 2.05) is 60.7 Å². The number of pyridine rings is 1. The molecule has 0 bridgehead atoms. The quantitative estimate of drug-likeness (QED) is 0.453. The highest BCUT2D eigenvalue weighted by molar-refractivity contribution is 9.10. The van der Waals surface area contributed by atoms with E-state index in [0.717, 1.165) is 10.0 Å². The largest absolute Gasteiger partial charge is 0.505 e. The van der Waals surface area contributed by atoms with Gasteiger partial charge in [0.05, 0.1) is 11.1 Å². The second-order valence-corrected chi connectivity index (χ2v) is 6.94. The first-order chi connectivity index (χ1) is 13.1. The summed E-state index contributed by atoms with van der Waals surface area (Å²) in [6.07, 6.45) is 0. The van der Waals surface area contributed by atoms with Crippen molar-refractivity contribution in [2.24, 2.45) is 0 Å². The Balaban J connectivity index is 1.86. The molecule has 132 valence electrons. The van der Waals surface area contributed by atoms with Crippen molar-refractivity contribution in [1.29, 1.82) is 0 Å². The molecule has 4 aromatic rings. The van der Waals surface area contributed by atoms with Crippen molar-refractivity contribution < 1.29 is 9.90 Å². The highest BCUT2D eigenvalue weighted by atomic mass is 79.9. The summed E-state index contributed by atoms with van der Waals surface area (Å²) in [7, 11) is 0. The Morgan fingerprint density at radius 3 is 2.30 bits per heavy atom. The number of benzene rings is 3. The van der Waals surface area contributed by atoms with Gasteiger partial charge in [-0.2, -0.15) is 0 Å². The lowest BCUT2D eigenvalue weighted by molar-refractivity contribution is 0.102. The first-order valence-electron chi connectivity index (χ1n) is 8.37. The molecule has 1 amide bonds. The first kappa shape index (κ1) is 17.2. The number of nitrogens with one attached hydrogen (secondary N) is 1. The summed E-state index contributed by atoms with van der Waals surface area (Å²) in [5.41, 5.74) is 2.64. The summed E-state index contributed by atoms with van der Waals surface area (Å²) in [4.78, 5) is 17.6. The molecule has 3 aromatic carbocycles. The van der Waals surface area contributed by atoms with E-state index in [-0.39, 0.29) is 17.2 Å². The van der Waals surface area contributed by atoms with Gasteiger partial charge in [0.25, 0.3) is 5.91 Å². The van der Waals surface area contributed by atoms with Gasteiger partial charge in [-0.05, 0) is 30.3 Å². The fourth-order valence-corrected chi connectivity index (χ4v) is 3.22. The van der Waals surface area contributed by atoms with Crippen LogP contribution >= 0.6 is 15.9 Å². The fourth-order valence-electron chi connectivity index (χ4n) is 2.96. The smallest absolute Gasteiger partial charge is 0.260 e. The van der Waals surface area contributed by atoms with Gasteiger partial charge in [0.15, 0.2) is 5.75 Å². The summed E-state index contributed by atoms with van der Waals surface area (Å²) >= 11 is 3.38. The predicted molar refractivity (Wildman–Crippen MR) is 111 cm³/mol. The number of aromatic nitrogens is 1. The maximum atomic E-state index is 13.0. The standard InChI is InChI=1S/C22H15BrN2O2/c23-15-10-12-16(13-11-15)24-22(27)19-17-8-4-5-9-18(17)25-20(21(19)26)14-6-2-1-3-7-14/h1-13,26H,(H,24,27). The van der Waals surface area contributed by atoms with Gasteiger partial charge < -0.3 is 10.4 Å². The molecule has 4 nitrogen and oxygen atoms in total. The molecule has 0 aliphatic heterocycles. The molecule has 5 heteroatoms. The van der Waals surface area contributed by atoms with E-state index in [4.69, 9.17) is 0 Å². The van der Waals surface area contributed by atoms with Crippen molar-refractivity contribution in [1.82, 2.24) is 4.98 Å². The number of amides is 1. The molecule has 0 aliphatic carbocycles. The van der Waals surface area contributed by atoms with Gasteiger partial charge >= 0.3 is 0 Å². The van der Waals surface area contributed by atoms with Crippen LogP contribution in [0.3, 0.4) is 0 Å². The monoisotopic (exact) mass is 418 g/mol. The molecule has 0 atom stereocenters. The normalized spacial score (nSPS) is 10.7. The number of rotatable bonds is 3. The van der Waals surface area contributed by atoms with Gasteiger partial charge in [-0.3, -0.25) is 4.79 Å². The van der Waals surface area contributed by atoms with Crippen LogP contribution in [-0.4, -0.2) is 16.0 Å². The van der Waals surface area contributed by atoms with Crippen molar-refractivity contribution in [3.05, 3.63) is 88.9 Å². The molecule has 0 radical (unpaired) electrons. The van der Waals surface area contributed by atoms with Gasteiger partial charge in [0, 0.05) is 21.1 Å². The van der Waals surface area contributed by atoms with Crippen LogP contribution in [-0.2, 0) is 0 Å². The minimum atomic E-state index is -0.384. The predicted octanol–water partition coefficient (Wildman–Crippen LogP) is 5.62. The van der Waals surface area contributed by atoms with Crippen molar-refractivity contribution in [3.63, 3.8) is 0 Å². The first-order valence-corrected chi connectivity index (χ1v) is 9.17. The molecular formula is C22H15BrN2O2.